The molecule has 0 radical (unpaired) electrons. The summed E-state index contributed by atoms with van der Waals surface area (Å²) in [5.74, 6) is 0.684. The van der Waals surface area contributed by atoms with Crippen LogP contribution in [0, 0.1) is 5.41 Å². The normalized spacial score (nSPS) is 26.5. The van der Waals surface area contributed by atoms with E-state index in [0.717, 1.165) is 5.65 Å². The molecule has 2 fully saturated rings. The average Bonchev–Trinajstić information content (AvgIpc) is 3.15. The van der Waals surface area contributed by atoms with Crippen molar-refractivity contribution in [1.82, 2.24) is 20.2 Å². The predicted octanol–water partition coefficient (Wildman–Crippen LogP) is 3.16. The monoisotopic (exact) mass is 334 g/mol. The molecule has 5 heteroatoms. The van der Waals surface area contributed by atoms with Crippen LogP contribution in [0.4, 0.5) is 0 Å². The first kappa shape index (κ1) is 16.7. The van der Waals surface area contributed by atoms with E-state index in [1.807, 2.05) is 12.3 Å². The molecule has 2 aliphatic rings. The molecule has 23 heavy (non-hydrogen) atoms. The second-order valence-electron chi connectivity index (χ2n) is 7.43. The largest absolute Gasteiger partial charge is 0.346 e. The predicted molar refractivity (Wildman–Crippen MR) is 97.4 cm³/mol. The van der Waals surface area contributed by atoms with E-state index >= 15 is 0 Å². The smallest absolute Gasteiger partial charge is 0.137 e. The Morgan fingerprint density at radius 2 is 2.17 bits per heavy atom. The highest BCUT2D eigenvalue weighted by molar-refractivity contribution is 5.85. The van der Waals surface area contributed by atoms with E-state index in [4.69, 9.17) is 0 Å². The summed E-state index contributed by atoms with van der Waals surface area (Å²) in [7, 11) is 0. The number of piperidine rings is 1. The van der Waals surface area contributed by atoms with Gasteiger partial charge in [0, 0.05) is 30.9 Å². The number of fused-ring (bicyclic) bond motifs is 1. The van der Waals surface area contributed by atoms with Crippen molar-refractivity contribution in [2.45, 2.75) is 32.1 Å². The standard InChI is InChI=1S/C18H26N4.ClH/c1-18(6-8-19-12-18)13-22-9-4-14(5-10-22)16-11-21-17-15(16)3-2-7-20-17;/h2-3,7,11,14,19H,4-6,8-10,12-13H2,1H3,(H,20,21);1H. The van der Waals surface area contributed by atoms with Gasteiger partial charge in [-0.05, 0) is 67.9 Å². The van der Waals surface area contributed by atoms with Gasteiger partial charge < -0.3 is 15.2 Å². The maximum atomic E-state index is 4.42. The summed E-state index contributed by atoms with van der Waals surface area (Å²) in [5, 5.41) is 4.83. The molecular weight excluding hydrogens is 308 g/mol. The highest BCUT2D eigenvalue weighted by Gasteiger charge is 2.32. The third kappa shape index (κ3) is 3.39. The van der Waals surface area contributed by atoms with Gasteiger partial charge in [-0.15, -0.1) is 12.4 Å². The lowest BCUT2D eigenvalue weighted by atomic mass is 9.86. The minimum absolute atomic E-state index is 0. The number of aromatic amines is 1. The topological polar surface area (TPSA) is 44.0 Å². The first-order valence-electron chi connectivity index (χ1n) is 8.59. The van der Waals surface area contributed by atoms with Gasteiger partial charge in [-0.2, -0.15) is 0 Å². The zero-order valence-corrected chi connectivity index (χ0v) is 14.7. The SMILES string of the molecule is CC1(CN2CCC(c3c[nH]c4ncccc34)CC2)CCNC1.Cl. The number of rotatable bonds is 3. The van der Waals surface area contributed by atoms with Crippen LogP contribution in [0.3, 0.4) is 0 Å². The molecule has 2 aromatic rings. The van der Waals surface area contributed by atoms with Gasteiger partial charge in [0.2, 0.25) is 0 Å². The lowest BCUT2D eigenvalue weighted by molar-refractivity contribution is 0.144. The Morgan fingerprint density at radius 1 is 1.35 bits per heavy atom. The minimum atomic E-state index is 0. The zero-order chi connectivity index (χ0) is 15.0. The van der Waals surface area contributed by atoms with Gasteiger partial charge in [0.25, 0.3) is 0 Å². The number of nitrogens with one attached hydrogen (secondary N) is 2. The van der Waals surface area contributed by atoms with Crippen molar-refractivity contribution in [2.75, 3.05) is 32.7 Å². The number of hydrogen-bond acceptors (Lipinski definition) is 3. The lowest BCUT2D eigenvalue weighted by Gasteiger charge is -2.37. The van der Waals surface area contributed by atoms with Crippen LogP contribution in [-0.4, -0.2) is 47.6 Å². The number of pyridine rings is 1. The molecule has 1 unspecified atom stereocenters. The molecule has 4 nitrogen and oxygen atoms in total. The molecule has 2 saturated heterocycles. The first-order chi connectivity index (χ1) is 10.7. The van der Waals surface area contributed by atoms with Gasteiger partial charge >= 0.3 is 0 Å². The summed E-state index contributed by atoms with van der Waals surface area (Å²) in [4.78, 5) is 10.4. The van der Waals surface area contributed by atoms with Crippen LogP contribution < -0.4 is 5.32 Å². The van der Waals surface area contributed by atoms with Crippen LogP contribution in [-0.2, 0) is 0 Å². The van der Waals surface area contributed by atoms with E-state index in [-0.39, 0.29) is 12.4 Å². The van der Waals surface area contributed by atoms with Crippen LogP contribution in [0.5, 0.6) is 0 Å². The van der Waals surface area contributed by atoms with E-state index in [2.05, 4.69) is 39.4 Å². The summed E-state index contributed by atoms with van der Waals surface area (Å²) in [6, 6.07) is 4.24. The molecule has 2 aromatic heterocycles. The van der Waals surface area contributed by atoms with Gasteiger partial charge in [-0.25, -0.2) is 4.98 Å². The van der Waals surface area contributed by atoms with E-state index in [1.54, 1.807) is 0 Å². The van der Waals surface area contributed by atoms with Crippen molar-refractivity contribution < 1.29 is 0 Å². The Kier molecular flexibility index (Phi) is 4.95. The third-order valence-electron chi connectivity index (χ3n) is 5.57. The fourth-order valence-corrected chi connectivity index (χ4v) is 4.26. The molecule has 0 aliphatic carbocycles. The third-order valence-corrected chi connectivity index (χ3v) is 5.57. The molecule has 0 amide bonds. The van der Waals surface area contributed by atoms with Crippen LogP contribution in [0.25, 0.3) is 11.0 Å². The quantitative estimate of drug-likeness (QED) is 0.906. The second-order valence-corrected chi connectivity index (χ2v) is 7.43. The van der Waals surface area contributed by atoms with Crippen molar-refractivity contribution in [3.05, 3.63) is 30.1 Å². The lowest BCUT2D eigenvalue weighted by Crippen LogP contribution is -2.41. The summed E-state index contributed by atoms with van der Waals surface area (Å²) >= 11 is 0. The van der Waals surface area contributed by atoms with E-state index < -0.39 is 0 Å². The van der Waals surface area contributed by atoms with Gasteiger partial charge in [0.15, 0.2) is 0 Å². The van der Waals surface area contributed by atoms with Crippen molar-refractivity contribution >= 4 is 23.4 Å². The molecule has 126 valence electrons. The zero-order valence-electron chi connectivity index (χ0n) is 13.8. The highest BCUT2D eigenvalue weighted by atomic mass is 35.5. The molecule has 0 saturated carbocycles. The molecule has 4 rings (SSSR count). The van der Waals surface area contributed by atoms with Gasteiger partial charge in [-0.1, -0.05) is 6.92 Å². The Balaban J connectivity index is 0.00000156. The molecule has 0 aromatic carbocycles. The minimum Gasteiger partial charge on any atom is -0.346 e. The van der Waals surface area contributed by atoms with E-state index in [0.29, 0.717) is 11.3 Å². The van der Waals surface area contributed by atoms with E-state index in [1.165, 1.54) is 62.9 Å². The number of aromatic nitrogens is 2. The van der Waals surface area contributed by atoms with Gasteiger partial charge in [-0.3, -0.25) is 0 Å². The van der Waals surface area contributed by atoms with Crippen molar-refractivity contribution in [2.24, 2.45) is 5.41 Å². The highest BCUT2D eigenvalue weighted by Crippen LogP contribution is 2.34. The second kappa shape index (κ2) is 6.80. The number of nitrogens with zero attached hydrogens (tertiary/aromatic N) is 2. The Hall–Kier alpha value is -1.10. The van der Waals surface area contributed by atoms with Crippen molar-refractivity contribution in [3.8, 4) is 0 Å². The fourth-order valence-electron chi connectivity index (χ4n) is 4.26. The Bertz CT molecular complexity index is 639. The van der Waals surface area contributed by atoms with Crippen molar-refractivity contribution in [3.63, 3.8) is 0 Å². The number of H-pyrrole nitrogens is 1. The maximum absolute atomic E-state index is 4.42. The average molecular weight is 335 g/mol. The molecule has 2 aliphatic heterocycles. The summed E-state index contributed by atoms with van der Waals surface area (Å²) in [6.07, 6.45) is 7.90. The molecule has 0 spiro atoms. The summed E-state index contributed by atoms with van der Waals surface area (Å²) < 4.78 is 0. The fraction of sp³-hybridized carbons (Fsp3) is 0.611. The maximum Gasteiger partial charge on any atom is 0.137 e. The number of halogens is 1. The van der Waals surface area contributed by atoms with Crippen molar-refractivity contribution in [1.29, 1.82) is 0 Å². The van der Waals surface area contributed by atoms with Crippen LogP contribution in [0.2, 0.25) is 0 Å². The Labute approximate surface area is 144 Å². The summed E-state index contributed by atoms with van der Waals surface area (Å²) in [5.41, 5.74) is 2.98. The van der Waals surface area contributed by atoms with Gasteiger partial charge in [0.1, 0.15) is 5.65 Å². The first-order valence-corrected chi connectivity index (χ1v) is 8.59. The molecule has 4 heterocycles. The number of hydrogen-bond donors (Lipinski definition) is 2. The van der Waals surface area contributed by atoms with E-state index in [9.17, 15) is 0 Å². The molecule has 0 bridgehead atoms. The number of likely N-dealkylation sites (tertiary alicyclic amines) is 1. The summed E-state index contributed by atoms with van der Waals surface area (Å²) in [6.45, 7) is 8.52. The Morgan fingerprint density at radius 3 is 2.91 bits per heavy atom. The van der Waals surface area contributed by atoms with Crippen LogP contribution in [0.1, 0.15) is 37.7 Å². The van der Waals surface area contributed by atoms with Crippen LogP contribution >= 0.6 is 12.4 Å². The molecule has 2 N–H and O–H groups in total. The molecule has 1 atom stereocenters. The van der Waals surface area contributed by atoms with Gasteiger partial charge in [0.05, 0.1) is 0 Å². The molecular formula is C18H27ClN4. The van der Waals surface area contributed by atoms with Crippen LogP contribution in [0.15, 0.2) is 24.5 Å².